The first-order valence-corrected chi connectivity index (χ1v) is 5.30. The molecule has 0 saturated carbocycles. The maximum Gasteiger partial charge on any atom is 0.0700 e. The van der Waals surface area contributed by atoms with Gasteiger partial charge in [0.1, 0.15) is 0 Å². The van der Waals surface area contributed by atoms with Gasteiger partial charge >= 0.3 is 0 Å². The maximum atomic E-state index is 8.52. The van der Waals surface area contributed by atoms with Gasteiger partial charge in [0.2, 0.25) is 0 Å². The Kier molecular flexibility index (Phi) is 12.7. The number of aliphatic hydroxyl groups is 1. The predicted octanol–water partition coefficient (Wildman–Crippen LogP) is 0.402. The molecule has 0 radical (unpaired) electrons. The zero-order valence-electron chi connectivity index (χ0n) is 9.13. The first kappa shape index (κ1) is 13.8. The molecular formula is C10H23NO3. The van der Waals surface area contributed by atoms with Crippen LogP contribution in [-0.4, -0.2) is 51.7 Å². The third kappa shape index (κ3) is 11.8. The van der Waals surface area contributed by atoms with Crippen LogP contribution in [0.25, 0.3) is 0 Å². The largest absolute Gasteiger partial charge is 0.396 e. The van der Waals surface area contributed by atoms with Crippen LogP contribution in [0.2, 0.25) is 0 Å². The Bertz CT molecular complexity index is 89.4. The number of aliphatic hydroxyl groups excluding tert-OH is 1. The Balaban J connectivity index is 2.78. The molecule has 0 aliphatic heterocycles. The smallest absolute Gasteiger partial charge is 0.0700 e. The lowest BCUT2D eigenvalue weighted by molar-refractivity contribution is 0.0688. The minimum Gasteiger partial charge on any atom is -0.396 e. The highest BCUT2D eigenvalue weighted by molar-refractivity contribution is 4.47. The number of methoxy groups -OCH3 is 1. The maximum absolute atomic E-state index is 8.52. The van der Waals surface area contributed by atoms with Gasteiger partial charge in [-0.15, -0.1) is 0 Å². The van der Waals surface area contributed by atoms with Gasteiger partial charge in [0, 0.05) is 20.3 Å². The molecule has 0 saturated heterocycles. The number of ether oxygens (including phenoxy) is 2. The van der Waals surface area contributed by atoms with E-state index >= 15 is 0 Å². The molecule has 86 valence electrons. The van der Waals surface area contributed by atoms with Crippen molar-refractivity contribution in [2.45, 2.75) is 19.3 Å². The van der Waals surface area contributed by atoms with Crippen LogP contribution >= 0.6 is 0 Å². The summed E-state index contributed by atoms with van der Waals surface area (Å²) in [5.74, 6) is 0. The van der Waals surface area contributed by atoms with Gasteiger partial charge in [0.15, 0.2) is 0 Å². The lowest BCUT2D eigenvalue weighted by Crippen LogP contribution is -2.18. The summed E-state index contributed by atoms with van der Waals surface area (Å²) in [6.07, 6.45) is 3.04. The number of rotatable bonds is 11. The van der Waals surface area contributed by atoms with Crippen molar-refractivity contribution < 1.29 is 14.6 Å². The monoisotopic (exact) mass is 205 g/mol. The molecule has 0 aliphatic rings. The molecule has 14 heavy (non-hydrogen) atoms. The van der Waals surface area contributed by atoms with E-state index in [0.717, 1.165) is 39.0 Å². The summed E-state index contributed by atoms with van der Waals surface area (Å²) in [6, 6.07) is 0. The van der Waals surface area contributed by atoms with E-state index in [1.165, 1.54) is 0 Å². The molecule has 0 spiro atoms. The number of hydrogen-bond acceptors (Lipinski definition) is 4. The normalized spacial score (nSPS) is 10.7. The van der Waals surface area contributed by atoms with E-state index in [0.29, 0.717) is 13.2 Å². The molecule has 0 unspecified atom stereocenters. The van der Waals surface area contributed by atoms with Gasteiger partial charge in [-0.25, -0.2) is 0 Å². The van der Waals surface area contributed by atoms with E-state index in [2.05, 4.69) is 5.32 Å². The van der Waals surface area contributed by atoms with Gasteiger partial charge in [-0.3, -0.25) is 0 Å². The summed E-state index contributed by atoms with van der Waals surface area (Å²) in [5, 5.41) is 11.8. The van der Waals surface area contributed by atoms with Crippen molar-refractivity contribution >= 4 is 0 Å². The second-order valence-electron chi connectivity index (χ2n) is 3.14. The van der Waals surface area contributed by atoms with Crippen LogP contribution < -0.4 is 5.32 Å². The highest BCUT2D eigenvalue weighted by Crippen LogP contribution is 1.88. The molecule has 4 nitrogen and oxygen atoms in total. The van der Waals surface area contributed by atoms with E-state index in [-0.39, 0.29) is 6.61 Å². The fraction of sp³-hybridized carbons (Fsp3) is 1.00. The van der Waals surface area contributed by atoms with Gasteiger partial charge in [0.05, 0.1) is 13.2 Å². The Morgan fingerprint density at radius 1 is 1.00 bits per heavy atom. The van der Waals surface area contributed by atoms with E-state index < -0.39 is 0 Å². The number of nitrogens with one attached hydrogen (secondary N) is 1. The highest BCUT2D eigenvalue weighted by atomic mass is 16.5. The molecule has 0 aromatic heterocycles. The number of hydrogen-bond donors (Lipinski definition) is 2. The molecular weight excluding hydrogens is 182 g/mol. The van der Waals surface area contributed by atoms with Crippen LogP contribution in [0, 0.1) is 0 Å². The number of unbranched alkanes of at least 4 members (excludes halogenated alkanes) is 1. The molecule has 0 rings (SSSR count). The van der Waals surface area contributed by atoms with Crippen molar-refractivity contribution in [3.05, 3.63) is 0 Å². The first-order valence-electron chi connectivity index (χ1n) is 5.30. The molecule has 0 heterocycles. The van der Waals surface area contributed by atoms with Crippen LogP contribution in [0.4, 0.5) is 0 Å². The summed E-state index contributed by atoms with van der Waals surface area (Å²) in [4.78, 5) is 0. The minimum atomic E-state index is 0.271. The van der Waals surface area contributed by atoms with Crippen LogP contribution in [0.15, 0.2) is 0 Å². The third-order valence-electron chi connectivity index (χ3n) is 1.84. The standard InChI is InChI=1S/C10H23NO3/c1-13-9-10-14-8-3-2-5-11-6-4-7-12/h11-12H,2-10H2,1H3. The van der Waals surface area contributed by atoms with E-state index in [9.17, 15) is 0 Å². The molecule has 0 amide bonds. The van der Waals surface area contributed by atoms with Gasteiger partial charge in [-0.05, 0) is 32.4 Å². The lowest BCUT2D eigenvalue weighted by atomic mass is 10.3. The molecule has 0 fully saturated rings. The van der Waals surface area contributed by atoms with Gasteiger partial charge in [-0.1, -0.05) is 0 Å². The Morgan fingerprint density at radius 2 is 1.79 bits per heavy atom. The molecule has 0 aliphatic carbocycles. The molecule has 0 atom stereocenters. The molecule has 2 N–H and O–H groups in total. The molecule has 4 heteroatoms. The Morgan fingerprint density at radius 3 is 2.50 bits per heavy atom. The lowest BCUT2D eigenvalue weighted by Gasteiger charge is -2.04. The average molecular weight is 205 g/mol. The van der Waals surface area contributed by atoms with Gasteiger partial charge in [-0.2, -0.15) is 0 Å². The van der Waals surface area contributed by atoms with Crippen molar-refractivity contribution in [2.75, 3.05) is 46.6 Å². The topological polar surface area (TPSA) is 50.7 Å². The van der Waals surface area contributed by atoms with Crippen molar-refractivity contribution in [3.63, 3.8) is 0 Å². The van der Waals surface area contributed by atoms with Crippen molar-refractivity contribution in [1.29, 1.82) is 0 Å². The second-order valence-corrected chi connectivity index (χ2v) is 3.14. The predicted molar refractivity (Wildman–Crippen MR) is 56.5 cm³/mol. The fourth-order valence-corrected chi connectivity index (χ4v) is 1.03. The van der Waals surface area contributed by atoms with Gasteiger partial charge < -0.3 is 19.9 Å². The van der Waals surface area contributed by atoms with Gasteiger partial charge in [0.25, 0.3) is 0 Å². The van der Waals surface area contributed by atoms with Crippen molar-refractivity contribution in [1.82, 2.24) is 5.32 Å². The minimum absolute atomic E-state index is 0.271. The van der Waals surface area contributed by atoms with Crippen LogP contribution in [-0.2, 0) is 9.47 Å². The van der Waals surface area contributed by atoms with Crippen LogP contribution in [0.1, 0.15) is 19.3 Å². The van der Waals surface area contributed by atoms with Crippen LogP contribution in [0.5, 0.6) is 0 Å². The van der Waals surface area contributed by atoms with E-state index in [4.69, 9.17) is 14.6 Å². The van der Waals surface area contributed by atoms with E-state index in [1.807, 2.05) is 0 Å². The first-order chi connectivity index (χ1) is 6.91. The summed E-state index contributed by atoms with van der Waals surface area (Å²) < 4.78 is 10.2. The molecule has 0 bridgehead atoms. The molecule has 0 aromatic carbocycles. The second kappa shape index (κ2) is 12.8. The van der Waals surface area contributed by atoms with Crippen molar-refractivity contribution in [3.8, 4) is 0 Å². The van der Waals surface area contributed by atoms with Crippen molar-refractivity contribution in [2.24, 2.45) is 0 Å². The molecule has 0 aromatic rings. The van der Waals surface area contributed by atoms with Crippen LogP contribution in [0.3, 0.4) is 0 Å². The summed E-state index contributed by atoms with van der Waals surface area (Å²) in [6.45, 7) is 4.36. The Hall–Kier alpha value is -0.160. The highest BCUT2D eigenvalue weighted by Gasteiger charge is 1.90. The quantitative estimate of drug-likeness (QED) is 0.479. The van der Waals surface area contributed by atoms with E-state index in [1.54, 1.807) is 7.11 Å². The summed E-state index contributed by atoms with van der Waals surface area (Å²) in [5.41, 5.74) is 0. The third-order valence-corrected chi connectivity index (χ3v) is 1.84. The zero-order chi connectivity index (χ0) is 10.5. The zero-order valence-corrected chi connectivity index (χ0v) is 9.13. The summed E-state index contributed by atoms with van der Waals surface area (Å²) >= 11 is 0. The summed E-state index contributed by atoms with van der Waals surface area (Å²) in [7, 11) is 1.68. The fourth-order valence-electron chi connectivity index (χ4n) is 1.03. The average Bonchev–Trinajstić information content (AvgIpc) is 2.21. The SMILES string of the molecule is COCCOCCCCNCCCO. The Labute approximate surface area is 86.6 Å².